The summed E-state index contributed by atoms with van der Waals surface area (Å²) in [6, 6.07) is 38.6. The average Bonchev–Trinajstić information content (AvgIpc) is 2.99. The zero-order valence-corrected chi connectivity index (χ0v) is 21.9. The lowest BCUT2D eigenvalue weighted by Gasteiger charge is -2.39. The normalized spacial score (nSPS) is 15.9. The van der Waals surface area contributed by atoms with Gasteiger partial charge in [0.25, 0.3) is 5.91 Å². The van der Waals surface area contributed by atoms with Gasteiger partial charge in [-0.2, -0.15) is 0 Å². The van der Waals surface area contributed by atoms with E-state index in [2.05, 4.69) is 107 Å². The van der Waals surface area contributed by atoms with Crippen LogP contribution in [0.4, 0.5) is 5.69 Å². The first-order chi connectivity index (χ1) is 18.8. The molecule has 192 valence electrons. The Morgan fingerprint density at radius 1 is 0.658 bits per heavy atom. The van der Waals surface area contributed by atoms with Crippen LogP contribution < -0.4 is 4.90 Å². The van der Waals surface area contributed by atoms with Crippen LogP contribution in [0.15, 0.2) is 109 Å². The first kappa shape index (κ1) is 24.4. The van der Waals surface area contributed by atoms with Crippen molar-refractivity contribution >= 4 is 11.6 Å². The fourth-order valence-corrected chi connectivity index (χ4v) is 6.00. The van der Waals surface area contributed by atoms with Crippen molar-refractivity contribution in [2.75, 3.05) is 37.6 Å². The van der Waals surface area contributed by atoms with Crippen molar-refractivity contribution in [3.63, 3.8) is 0 Å². The lowest BCUT2D eigenvalue weighted by molar-refractivity contribution is 0.0597. The van der Waals surface area contributed by atoms with Gasteiger partial charge in [0.1, 0.15) is 0 Å². The summed E-state index contributed by atoms with van der Waals surface area (Å²) in [5.41, 5.74) is 7.41. The molecule has 2 aliphatic heterocycles. The molecule has 0 unspecified atom stereocenters. The van der Waals surface area contributed by atoms with Crippen molar-refractivity contribution in [3.8, 4) is 0 Å². The number of amides is 1. The number of carbonyl (C=O) groups excluding carboxylic acids is 1. The monoisotopic (exact) mass is 501 g/mol. The molecule has 4 heteroatoms. The maximum absolute atomic E-state index is 13.4. The van der Waals surface area contributed by atoms with Gasteiger partial charge in [-0.3, -0.25) is 9.69 Å². The van der Waals surface area contributed by atoms with E-state index < -0.39 is 0 Å². The Labute approximate surface area is 226 Å². The first-order valence-electron chi connectivity index (χ1n) is 13.8. The molecule has 38 heavy (non-hydrogen) atoms. The number of carbonyl (C=O) groups is 1. The summed E-state index contributed by atoms with van der Waals surface area (Å²) in [5, 5.41) is 0. The van der Waals surface area contributed by atoms with Gasteiger partial charge in [0, 0.05) is 50.5 Å². The molecule has 4 nitrogen and oxygen atoms in total. The summed E-state index contributed by atoms with van der Waals surface area (Å²) in [6.45, 7) is 5.14. The highest BCUT2D eigenvalue weighted by Crippen LogP contribution is 2.30. The van der Waals surface area contributed by atoms with Crippen LogP contribution in [0.3, 0.4) is 0 Å². The number of hydrogen-bond donors (Lipinski definition) is 0. The van der Waals surface area contributed by atoms with E-state index in [-0.39, 0.29) is 11.9 Å². The molecule has 4 aromatic carbocycles. The number of nitrogens with zero attached hydrogens (tertiary/aromatic N) is 3. The molecule has 0 bridgehead atoms. The van der Waals surface area contributed by atoms with Gasteiger partial charge in [-0.1, -0.05) is 91.0 Å². The molecule has 2 aliphatic rings. The van der Waals surface area contributed by atoms with Crippen molar-refractivity contribution in [1.29, 1.82) is 0 Å². The van der Waals surface area contributed by atoms with Crippen LogP contribution in [0.2, 0.25) is 0 Å². The van der Waals surface area contributed by atoms with Crippen molar-refractivity contribution in [3.05, 3.63) is 137 Å². The molecule has 2 heterocycles. The molecule has 1 fully saturated rings. The number of hydrogen-bond acceptors (Lipinski definition) is 3. The number of rotatable bonds is 6. The van der Waals surface area contributed by atoms with Gasteiger partial charge >= 0.3 is 0 Å². The van der Waals surface area contributed by atoms with E-state index >= 15 is 0 Å². The van der Waals surface area contributed by atoms with E-state index in [0.29, 0.717) is 0 Å². The molecular weight excluding hydrogens is 466 g/mol. The highest BCUT2D eigenvalue weighted by Gasteiger charge is 2.28. The number of aryl methyl sites for hydroxylation is 1. The highest BCUT2D eigenvalue weighted by molar-refractivity contribution is 5.94. The van der Waals surface area contributed by atoms with E-state index in [1.54, 1.807) is 0 Å². The van der Waals surface area contributed by atoms with Gasteiger partial charge in [0.2, 0.25) is 0 Å². The number of para-hydroxylation sites is 1. The number of anilines is 1. The Balaban J connectivity index is 1.10. The lowest BCUT2D eigenvalue weighted by Crippen LogP contribution is -2.49. The van der Waals surface area contributed by atoms with E-state index in [1.807, 2.05) is 17.0 Å². The molecule has 0 radical (unpaired) electrons. The van der Waals surface area contributed by atoms with E-state index in [4.69, 9.17) is 0 Å². The maximum atomic E-state index is 13.4. The minimum atomic E-state index is 0.135. The fourth-order valence-electron chi connectivity index (χ4n) is 6.00. The van der Waals surface area contributed by atoms with Crippen LogP contribution in [0.25, 0.3) is 0 Å². The second kappa shape index (κ2) is 11.2. The second-order valence-corrected chi connectivity index (χ2v) is 10.4. The third-order valence-corrected chi connectivity index (χ3v) is 7.98. The molecular formula is C34H35N3O. The zero-order valence-electron chi connectivity index (χ0n) is 21.9. The van der Waals surface area contributed by atoms with Crippen LogP contribution in [0.1, 0.15) is 45.1 Å². The van der Waals surface area contributed by atoms with Crippen molar-refractivity contribution < 1.29 is 4.79 Å². The summed E-state index contributed by atoms with van der Waals surface area (Å²) in [6.07, 6.45) is 2.35. The van der Waals surface area contributed by atoms with E-state index in [9.17, 15) is 4.79 Å². The fraction of sp³-hybridized carbons (Fsp3) is 0.265. The Morgan fingerprint density at radius 2 is 1.26 bits per heavy atom. The van der Waals surface area contributed by atoms with Crippen LogP contribution in [-0.2, 0) is 13.0 Å². The van der Waals surface area contributed by atoms with Gasteiger partial charge < -0.3 is 9.80 Å². The smallest absolute Gasteiger partial charge is 0.253 e. The molecule has 6 rings (SSSR count). The summed E-state index contributed by atoms with van der Waals surface area (Å²) in [5.74, 6) is 0.135. The van der Waals surface area contributed by atoms with Crippen LogP contribution in [-0.4, -0.2) is 48.4 Å². The Bertz CT molecular complexity index is 1310. The number of piperazine rings is 1. The first-order valence-corrected chi connectivity index (χ1v) is 13.8. The largest absolute Gasteiger partial charge is 0.367 e. The Kier molecular flexibility index (Phi) is 7.23. The van der Waals surface area contributed by atoms with Crippen molar-refractivity contribution in [2.24, 2.45) is 0 Å². The lowest BCUT2D eigenvalue weighted by atomic mass is 9.96. The highest BCUT2D eigenvalue weighted by atomic mass is 16.2. The SMILES string of the molecule is O=C(c1ccc(CN2CCCc3ccccc32)cc1)N1CCN(C(c2ccccc2)c2ccccc2)CC1. The molecule has 4 aromatic rings. The predicted octanol–water partition coefficient (Wildman–Crippen LogP) is 6.19. The van der Waals surface area contributed by atoms with Gasteiger partial charge in [-0.25, -0.2) is 0 Å². The van der Waals surface area contributed by atoms with E-state index in [1.165, 1.54) is 34.4 Å². The van der Waals surface area contributed by atoms with Gasteiger partial charge in [0.05, 0.1) is 6.04 Å². The van der Waals surface area contributed by atoms with E-state index in [0.717, 1.165) is 51.3 Å². The minimum absolute atomic E-state index is 0.135. The van der Waals surface area contributed by atoms with Crippen molar-refractivity contribution in [1.82, 2.24) is 9.80 Å². The molecule has 0 aliphatic carbocycles. The minimum Gasteiger partial charge on any atom is -0.367 e. The Hall–Kier alpha value is -3.89. The predicted molar refractivity (Wildman–Crippen MR) is 154 cm³/mol. The van der Waals surface area contributed by atoms with Gasteiger partial charge in [-0.05, 0) is 53.3 Å². The molecule has 1 saturated heterocycles. The molecule has 0 aromatic heterocycles. The molecule has 1 amide bonds. The standard InChI is InChI=1S/C34H35N3O/c38-34(31-19-17-27(18-20-31)26-37-21-9-15-28-10-7-8-16-32(28)37)36-24-22-35(23-25-36)33(29-11-3-1-4-12-29)30-13-5-2-6-14-30/h1-8,10-14,16-20,33H,9,15,21-26H2. The topological polar surface area (TPSA) is 26.8 Å². The summed E-state index contributed by atoms with van der Waals surface area (Å²) in [7, 11) is 0. The average molecular weight is 502 g/mol. The third kappa shape index (κ3) is 5.23. The molecule has 0 atom stereocenters. The molecule has 0 N–H and O–H groups in total. The quantitative estimate of drug-likeness (QED) is 0.315. The summed E-state index contributed by atoms with van der Waals surface area (Å²) >= 11 is 0. The van der Waals surface area contributed by atoms with Crippen LogP contribution in [0.5, 0.6) is 0 Å². The number of benzene rings is 4. The van der Waals surface area contributed by atoms with Crippen molar-refractivity contribution in [2.45, 2.75) is 25.4 Å². The zero-order chi connectivity index (χ0) is 25.7. The molecule has 0 saturated carbocycles. The number of fused-ring (bicyclic) bond motifs is 1. The van der Waals surface area contributed by atoms with Crippen LogP contribution in [0, 0.1) is 0 Å². The summed E-state index contributed by atoms with van der Waals surface area (Å²) in [4.78, 5) is 20.4. The van der Waals surface area contributed by atoms with Gasteiger partial charge in [-0.15, -0.1) is 0 Å². The summed E-state index contributed by atoms with van der Waals surface area (Å²) < 4.78 is 0. The van der Waals surface area contributed by atoms with Gasteiger partial charge in [0.15, 0.2) is 0 Å². The third-order valence-electron chi connectivity index (χ3n) is 7.98. The van der Waals surface area contributed by atoms with Crippen LogP contribution >= 0.6 is 0 Å². The second-order valence-electron chi connectivity index (χ2n) is 10.4. The maximum Gasteiger partial charge on any atom is 0.253 e. The Morgan fingerprint density at radius 3 is 1.92 bits per heavy atom. The molecule has 0 spiro atoms.